The first-order valence-corrected chi connectivity index (χ1v) is 16.7. The van der Waals surface area contributed by atoms with Crippen molar-refractivity contribution < 1.29 is 4.74 Å². The third-order valence-electron chi connectivity index (χ3n) is 10.0. The van der Waals surface area contributed by atoms with E-state index in [9.17, 15) is 0 Å². The van der Waals surface area contributed by atoms with Crippen molar-refractivity contribution in [1.82, 2.24) is 4.57 Å². The van der Waals surface area contributed by atoms with Gasteiger partial charge < -0.3 is 19.1 Å². The number of hydrogen-bond acceptors (Lipinski definition) is 3. The Hall–Kier alpha value is -5.68. The second kappa shape index (κ2) is 10.7. The van der Waals surface area contributed by atoms with Crippen LogP contribution in [-0.2, 0) is 5.41 Å². The van der Waals surface area contributed by atoms with E-state index in [1.807, 2.05) is 0 Å². The van der Waals surface area contributed by atoms with Crippen molar-refractivity contribution in [2.75, 3.05) is 16.9 Å². The number of rotatable bonds is 4. The minimum Gasteiger partial charge on any atom is -0.497 e. The zero-order chi connectivity index (χ0) is 32.6. The van der Waals surface area contributed by atoms with Crippen molar-refractivity contribution in [2.45, 2.75) is 26.2 Å². The minimum absolute atomic E-state index is 0.0234. The number of fused-ring (bicyclic) bond motifs is 6. The molecule has 0 unspecified atom stereocenters. The summed E-state index contributed by atoms with van der Waals surface area (Å²) in [4.78, 5) is 4.90. The Kier molecular flexibility index (Phi) is 6.35. The monoisotopic (exact) mass is 621 g/mol. The molecule has 0 saturated carbocycles. The lowest BCUT2D eigenvalue weighted by Crippen LogP contribution is -2.62. The van der Waals surface area contributed by atoms with E-state index in [1.165, 1.54) is 44.4 Å². The van der Waals surface area contributed by atoms with Crippen LogP contribution < -0.4 is 31.1 Å². The fourth-order valence-electron chi connectivity index (χ4n) is 7.84. The fraction of sp³-hybridized carbons (Fsp3) is 0.116. The van der Waals surface area contributed by atoms with Crippen LogP contribution in [0.5, 0.6) is 5.75 Å². The highest BCUT2D eigenvalue weighted by atomic mass is 16.5. The summed E-state index contributed by atoms with van der Waals surface area (Å²) >= 11 is 0. The highest BCUT2D eigenvalue weighted by molar-refractivity contribution is 7.00. The Morgan fingerprint density at radius 3 is 1.83 bits per heavy atom. The summed E-state index contributed by atoms with van der Waals surface area (Å²) < 4.78 is 8.59. The smallest absolute Gasteiger partial charge is 0.273 e. The Morgan fingerprint density at radius 1 is 0.562 bits per heavy atom. The standard InChI is InChI=1S/C43H36BN3O/c1-43(2,3)29-23-25-32(26-24-29)45-37-22-14-12-20-35(37)44-40-38(45)27-33(48-4)28-39(40)46(30-15-7-5-8-16-30)41-34-19-11-13-21-36(34)47(42(41)44)31-17-9-6-10-18-31/h5-28H,1-4H3. The van der Waals surface area contributed by atoms with Gasteiger partial charge >= 0.3 is 0 Å². The van der Waals surface area contributed by atoms with Crippen LogP contribution in [0.4, 0.5) is 34.1 Å². The van der Waals surface area contributed by atoms with Crippen LogP contribution in [0.25, 0.3) is 16.6 Å². The molecule has 0 aliphatic carbocycles. The van der Waals surface area contributed by atoms with Crippen LogP contribution in [0.3, 0.4) is 0 Å². The molecule has 0 amide bonds. The van der Waals surface area contributed by atoms with Gasteiger partial charge in [0.25, 0.3) is 6.71 Å². The molecule has 0 spiro atoms. The van der Waals surface area contributed by atoms with E-state index in [4.69, 9.17) is 4.74 Å². The molecule has 232 valence electrons. The molecule has 2 aliphatic heterocycles. The van der Waals surface area contributed by atoms with E-state index in [2.05, 4.69) is 181 Å². The number of nitrogens with zero attached hydrogens (tertiary/aromatic N) is 3. The molecule has 0 bridgehead atoms. The number of aromatic nitrogens is 1. The third kappa shape index (κ3) is 4.17. The maximum absolute atomic E-state index is 6.09. The predicted molar refractivity (Wildman–Crippen MR) is 203 cm³/mol. The average Bonchev–Trinajstić information content (AvgIpc) is 3.46. The molecule has 3 heterocycles. The molecule has 6 aromatic carbocycles. The van der Waals surface area contributed by atoms with Gasteiger partial charge in [0.2, 0.25) is 0 Å². The molecule has 0 atom stereocenters. The van der Waals surface area contributed by atoms with Crippen molar-refractivity contribution in [3.05, 3.63) is 151 Å². The molecule has 7 aromatic rings. The quantitative estimate of drug-likeness (QED) is 0.183. The molecule has 4 nitrogen and oxygen atoms in total. The Balaban J connectivity index is 1.43. The van der Waals surface area contributed by atoms with Crippen molar-refractivity contribution in [2.24, 2.45) is 0 Å². The average molecular weight is 622 g/mol. The van der Waals surface area contributed by atoms with Gasteiger partial charge in [0, 0.05) is 57.2 Å². The van der Waals surface area contributed by atoms with E-state index in [1.54, 1.807) is 7.11 Å². The Morgan fingerprint density at radius 2 is 1.15 bits per heavy atom. The van der Waals surface area contributed by atoms with Crippen LogP contribution in [0, 0.1) is 0 Å². The van der Waals surface area contributed by atoms with Crippen LogP contribution in [0.2, 0.25) is 0 Å². The minimum atomic E-state index is -0.0234. The molecule has 9 rings (SSSR count). The highest BCUT2D eigenvalue weighted by Gasteiger charge is 2.46. The summed E-state index contributed by atoms with van der Waals surface area (Å²) in [7, 11) is 1.77. The van der Waals surface area contributed by atoms with Gasteiger partial charge in [0.1, 0.15) is 5.75 Å². The van der Waals surface area contributed by atoms with Gasteiger partial charge in [-0.2, -0.15) is 0 Å². The summed E-state index contributed by atoms with van der Waals surface area (Å²) in [6.45, 7) is 6.78. The van der Waals surface area contributed by atoms with Crippen molar-refractivity contribution in [3.8, 4) is 11.4 Å². The zero-order valence-corrected chi connectivity index (χ0v) is 27.7. The van der Waals surface area contributed by atoms with Crippen LogP contribution >= 0.6 is 0 Å². The van der Waals surface area contributed by atoms with Crippen LogP contribution in [0.15, 0.2) is 146 Å². The summed E-state index contributed by atoms with van der Waals surface area (Å²) in [5.74, 6) is 0.828. The first-order chi connectivity index (χ1) is 23.4. The topological polar surface area (TPSA) is 20.6 Å². The van der Waals surface area contributed by atoms with E-state index in [-0.39, 0.29) is 12.1 Å². The number of methoxy groups -OCH3 is 1. The summed E-state index contributed by atoms with van der Waals surface area (Å²) in [5.41, 5.74) is 14.4. The van der Waals surface area contributed by atoms with Gasteiger partial charge in [-0.15, -0.1) is 0 Å². The molecule has 1 aromatic heterocycles. The van der Waals surface area contributed by atoms with E-state index < -0.39 is 0 Å². The number of anilines is 6. The number of benzene rings is 6. The first kappa shape index (κ1) is 28.5. The van der Waals surface area contributed by atoms with Gasteiger partial charge in [-0.05, 0) is 70.4 Å². The maximum Gasteiger partial charge on any atom is 0.273 e. The zero-order valence-electron chi connectivity index (χ0n) is 27.7. The first-order valence-electron chi connectivity index (χ1n) is 16.7. The largest absolute Gasteiger partial charge is 0.497 e. The normalized spacial score (nSPS) is 13.3. The fourth-order valence-corrected chi connectivity index (χ4v) is 7.84. The Bertz CT molecular complexity index is 2320. The molecule has 5 heteroatoms. The predicted octanol–water partition coefficient (Wildman–Crippen LogP) is 9.02. The van der Waals surface area contributed by atoms with E-state index in [0.717, 1.165) is 34.2 Å². The third-order valence-corrected chi connectivity index (χ3v) is 10.0. The van der Waals surface area contributed by atoms with Crippen molar-refractivity contribution >= 4 is 68.3 Å². The second-order valence-electron chi connectivity index (χ2n) is 13.8. The molecule has 0 N–H and O–H groups in total. The van der Waals surface area contributed by atoms with E-state index in [0.29, 0.717) is 0 Å². The number of para-hydroxylation sites is 4. The molecule has 0 fully saturated rings. The molecule has 2 aliphatic rings. The molecular weight excluding hydrogens is 585 g/mol. The highest BCUT2D eigenvalue weighted by Crippen LogP contribution is 2.48. The van der Waals surface area contributed by atoms with Gasteiger partial charge in [-0.1, -0.05) is 106 Å². The summed E-state index contributed by atoms with van der Waals surface area (Å²) in [6.07, 6.45) is 0. The number of hydrogen-bond donors (Lipinski definition) is 0. The summed E-state index contributed by atoms with van der Waals surface area (Å²) in [5, 5.41) is 1.22. The van der Waals surface area contributed by atoms with E-state index >= 15 is 0 Å². The number of ether oxygens (including phenoxy) is 1. The van der Waals surface area contributed by atoms with Gasteiger partial charge in [0.15, 0.2) is 0 Å². The Labute approximate surface area is 282 Å². The molecule has 48 heavy (non-hydrogen) atoms. The van der Waals surface area contributed by atoms with Crippen LogP contribution in [0.1, 0.15) is 26.3 Å². The lowest BCUT2D eigenvalue weighted by molar-refractivity contribution is 0.415. The SMILES string of the molecule is COc1cc2c3c(c1)N(c1ccccc1)c1c(n(-c4ccccc4)c4ccccc14)B3c1ccccc1N2c1ccc(C(C)(C)C)cc1. The van der Waals surface area contributed by atoms with Gasteiger partial charge in [-0.25, -0.2) is 0 Å². The summed E-state index contributed by atoms with van der Waals surface area (Å²) in [6, 6.07) is 52.9. The molecular formula is C43H36BN3O. The molecule has 0 radical (unpaired) electrons. The maximum atomic E-state index is 6.09. The van der Waals surface area contributed by atoms with Gasteiger partial charge in [0.05, 0.1) is 18.3 Å². The lowest BCUT2D eigenvalue weighted by Gasteiger charge is -2.43. The van der Waals surface area contributed by atoms with Crippen molar-refractivity contribution in [3.63, 3.8) is 0 Å². The second-order valence-corrected chi connectivity index (χ2v) is 13.8. The molecule has 0 saturated heterocycles. The van der Waals surface area contributed by atoms with Crippen LogP contribution in [-0.4, -0.2) is 18.4 Å². The van der Waals surface area contributed by atoms with Gasteiger partial charge in [-0.3, -0.25) is 0 Å². The lowest BCUT2D eigenvalue weighted by atomic mass is 9.35. The van der Waals surface area contributed by atoms with Crippen molar-refractivity contribution in [1.29, 1.82) is 0 Å².